The summed E-state index contributed by atoms with van der Waals surface area (Å²) in [6.45, 7) is 10.3. The van der Waals surface area contributed by atoms with E-state index in [1.807, 2.05) is 0 Å². The van der Waals surface area contributed by atoms with Gasteiger partial charge in [-0.3, -0.25) is 4.79 Å². The number of hydrogen-bond acceptors (Lipinski definition) is 4. The van der Waals surface area contributed by atoms with Crippen LogP contribution in [0.5, 0.6) is 0 Å². The molecule has 2 bridgehead atoms. The molecule has 1 N–H and O–H groups in total. The SMILES string of the molecule is C=C1CCc2ccc(C)cc2C(=O)N2CCCCC2c2cc3nc(C4CC4)cc(n3n2)C(C)CCN1. The van der Waals surface area contributed by atoms with E-state index in [0.29, 0.717) is 11.8 Å². The van der Waals surface area contributed by atoms with Gasteiger partial charge in [-0.2, -0.15) is 5.10 Å². The maximum atomic E-state index is 14.1. The second-order valence-corrected chi connectivity index (χ2v) is 11.1. The van der Waals surface area contributed by atoms with Crippen LogP contribution < -0.4 is 5.32 Å². The lowest BCUT2D eigenvalue weighted by Gasteiger charge is -2.35. The Kier molecular flexibility index (Phi) is 6.06. The van der Waals surface area contributed by atoms with Crippen molar-refractivity contribution in [1.29, 1.82) is 0 Å². The third-order valence-corrected chi connectivity index (χ3v) is 8.24. The molecule has 0 radical (unpaired) electrons. The largest absolute Gasteiger partial charge is 0.389 e. The first-order valence-electron chi connectivity index (χ1n) is 13.7. The van der Waals surface area contributed by atoms with Gasteiger partial charge in [0.1, 0.15) is 0 Å². The molecular formula is C30H37N5O. The Morgan fingerprint density at radius 3 is 2.72 bits per heavy atom. The topological polar surface area (TPSA) is 62.5 Å². The van der Waals surface area contributed by atoms with Crippen LogP contribution >= 0.6 is 0 Å². The van der Waals surface area contributed by atoms with Crippen molar-refractivity contribution in [2.75, 3.05) is 13.1 Å². The second kappa shape index (κ2) is 9.38. The van der Waals surface area contributed by atoms with E-state index in [2.05, 4.69) is 65.5 Å². The fourth-order valence-corrected chi connectivity index (χ4v) is 5.87. The standard InChI is InChI=1S/C30H37N5O/c1-19-7-9-22-10-8-21(3)31-14-13-20(2)28-17-25(23-11-12-23)32-29-18-26(33-35(28)29)27-6-4-5-15-34(27)30(36)24(22)16-19/h7,9,16-18,20,23,27,31H,3-6,8,10-15H2,1-2H3. The van der Waals surface area contributed by atoms with E-state index in [1.54, 1.807) is 0 Å². The normalized spacial score (nSPS) is 23.4. The highest BCUT2D eigenvalue weighted by Gasteiger charge is 2.33. The van der Waals surface area contributed by atoms with Gasteiger partial charge in [0.15, 0.2) is 5.65 Å². The molecule has 6 heteroatoms. The second-order valence-electron chi connectivity index (χ2n) is 11.1. The number of aromatic nitrogens is 3. The van der Waals surface area contributed by atoms with Crippen LogP contribution in [0, 0.1) is 6.92 Å². The molecule has 2 aliphatic heterocycles. The molecule has 1 saturated carbocycles. The van der Waals surface area contributed by atoms with Crippen LogP contribution in [0.1, 0.15) is 108 Å². The first-order valence-corrected chi connectivity index (χ1v) is 13.7. The molecule has 2 aromatic heterocycles. The Morgan fingerprint density at radius 2 is 1.89 bits per heavy atom. The lowest BCUT2D eigenvalue weighted by Crippen LogP contribution is -2.39. The van der Waals surface area contributed by atoms with E-state index >= 15 is 0 Å². The van der Waals surface area contributed by atoms with E-state index in [9.17, 15) is 4.79 Å². The van der Waals surface area contributed by atoms with Crippen LogP contribution in [-0.4, -0.2) is 38.5 Å². The molecule has 1 aliphatic carbocycles. The summed E-state index contributed by atoms with van der Waals surface area (Å²) < 4.78 is 2.06. The van der Waals surface area contributed by atoms with Gasteiger partial charge in [0.25, 0.3) is 5.91 Å². The van der Waals surface area contributed by atoms with Crippen molar-refractivity contribution in [3.63, 3.8) is 0 Å². The average molecular weight is 484 g/mol. The predicted octanol–water partition coefficient (Wildman–Crippen LogP) is 5.83. The number of allylic oxidation sites excluding steroid dienone is 1. The van der Waals surface area contributed by atoms with Crippen LogP contribution in [0.4, 0.5) is 0 Å². The van der Waals surface area contributed by atoms with Gasteiger partial charge in [-0.25, -0.2) is 9.50 Å². The third-order valence-electron chi connectivity index (χ3n) is 8.24. The first kappa shape index (κ1) is 23.3. The summed E-state index contributed by atoms with van der Waals surface area (Å²) in [5, 5.41) is 8.66. The molecule has 1 aromatic carbocycles. The molecule has 3 aliphatic rings. The highest BCUT2D eigenvalue weighted by molar-refractivity contribution is 5.96. The van der Waals surface area contributed by atoms with Crippen LogP contribution in [0.25, 0.3) is 5.65 Å². The van der Waals surface area contributed by atoms with Crippen molar-refractivity contribution >= 4 is 11.6 Å². The van der Waals surface area contributed by atoms with E-state index in [1.165, 1.54) is 24.2 Å². The van der Waals surface area contributed by atoms with Crippen molar-refractivity contribution in [3.8, 4) is 0 Å². The highest BCUT2D eigenvalue weighted by Crippen LogP contribution is 2.41. The molecule has 1 amide bonds. The lowest BCUT2D eigenvalue weighted by molar-refractivity contribution is 0.0604. The first-order chi connectivity index (χ1) is 17.5. The van der Waals surface area contributed by atoms with E-state index in [0.717, 1.165) is 85.3 Å². The van der Waals surface area contributed by atoms with Gasteiger partial charge < -0.3 is 10.2 Å². The number of benzene rings is 1. The Labute approximate surface area is 213 Å². The third kappa shape index (κ3) is 4.42. The van der Waals surface area contributed by atoms with Crippen molar-refractivity contribution in [1.82, 2.24) is 24.8 Å². The number of carbonyl (C=O) groups excluding carboxylic acids is 1. The molecule has 6 nitrogen and oxygen atoms in total. The summed E-state index contributed by atoms with van der Waals surface area (Å²) >= 11 is 0. The molecular weight excluding hydrogens is 446 g/mol. The van der Waals surface area contributed by atoms with Crippen LogP contribution in [-0.2, 0) is 6.42 Å². The van der Waals surface area contributed by atoms with Gasteiger partial charge in [0.2, 0.25) is 0 Å². The molecule has 2 atom stereocenters. The number of piperidine rings is 1. The number of aryl methyl sites for hydroxylation is 2. The highest BCUT2D eigenvalue weighted by atomic mass is 16.2. The molecule has 188 valence electrons. The molecule has 2 unspecified atom stereocenters. The van der Waals surface area contributed by atoms with Gasteiger partial charge >= 0.3 is 0 Å². The summed E-state index contributed by atoms with van der Waals surface area (Å²) in [7, 11) is 0. The number of fused-ring (bicyclic) bond motifs is 4. The number of rotatable bonds is 1. The van der Waals surface area contributed by atoms with Crippen molar-refractivity contribution in [3.05, 3.63) is 76.4 Å². The van der Waals surface area contributed by atoms with E-state index in [4.69, 9.17) is 10.1 Å². The molecule has 36 heavy (non-hydrogen) atoms. The summed E-state index contributed by atoms with van der Waals surface area (Å²) in [6, 6.07) is 10.7. The number of hydrogen-bond donors (Lipinski definition) is 1. The van der Waals surface area contributed by atoms with Crippen LogP contribution in [0.15, 0.2) is 42.6 Å². The van der Waals surface area contributed by atoms with Gasteiger partial charge in [-0.1, -0.05) is 31.2 Å². The minimum Gasteiger partial charge on any atom is -0.389 e. The Bertz CT molecular complexity index is 1320. The smallest absolute Gasteiger partial charge is 0.254 e. The Balaban J connectivity index is 1.47. The van der Waals surface area contributed by atoms with Crippen LogP contribution in [0.2, 0.25) is 0 Å². The summed E-state index contributed by atoms with van der Waals surface area (Å²) in [5.74, 6) is 1.04. The zero-order valence-corrected chi connectivity index (χ0v) is 21.6. The minimum atomic E-state index is -0.0154. The molecule has 4 heterocycles. The van der Waals surface area contributed by atoms with Gasteiger partial charge in [0.05, 0.1) is 11.7 Å². The molecule has 3 aromatic rings. The predicted molar refractivity (Wildman–Crippen MR) is 142 cm³/mol. The van der Waals surface area contributed by atoms with Crippen molar-refractivity contribution < 1.29 is 4.79 Å². The van der Waals surface area contributed by atoms with Crippen molar-refractivity contribution in [2.45, 2.75) is 83.1 Å². The van der Waals surface area contributed by atoms with Crippen molar-refractivity contribution in [2.24, 2.45) is 0 Å². The number of nitrogens with zero attached hydrogens (tertiary/aromatic N) is 4. The number of carbonyl (C=O) groups is 1. The average Bonchev–Trinajstić information content (AvgIpc) is 3.65. The lowest BCUT2D eigenvalue weighted by atomic mass is 9.95. The maximum absolute atomic E-state index is 14.1. The molecule has 1 saturated heterocycles. The molecule has 6 rings (SSSR count). The number of amides is 1. The fraction of sp³-hybridized carbons (Fsp3) is 0.500. The molecule has 2 fully saturated rings. The van der Waals surface area contributed by atoms with Crippen LogP contribution in [0.3, 0.4) is 0 Å². The fourth-order valence-electron chi connectivity index (χ4n) is 5.87. The molecule has 0 spiro atoms. The zero-order chi connectivity index (χ0) is 24.8. The van der Waals surface area contributed by atoms with Gasteiger partial charge in [-0.15, -0.1) is 0 Å². The number of nitrogens with one attached hydrogen (secondary N) is 1. The van der Waals surface area contributed by atoms with E-state index in [-0.39, 0.29) is 11.9 Å². The van der Waals surface area contributed by atoms with E-state index < -0.39 is 0 Å². The van der Waals surface area contributed by atoms with Gasteiger partial charge in [0, 0.05) is 53.6 Å². The quantitative estimate of drug-likeness (QED) is 0.473. The summed E-state index contributed by atoms with van der Waals surface area (Å²) in [4.78, 5) is 21.2. The maximum Gasteiger partial charge on any atom is 0.254 e. The Morgan fingerprint density at radius 1 is 1.03 bits per heavy atom. The Hall–Kier alpha value is -3.15. The summed E-state index contributed by atoms with van der Waals surface area (Å²) in [5.41, 5.74) is 8.40. The van der Waals surface area contributed by atoms with Gasteiger partial charge in [-0.05, 0) is 76.0 Å². The zero-order valence-electron chi connectivity index (χ0n) is 21.6. The monoisotopic (exact) mass is 483 g/mol. The summed E-state index contributed by atoms with van der Waals surface area (Å²) in [6.07, 6.45) is 8.17. The minimum absolute atomic E-state index is 0.0154.